The molecule has 1 aliphatic carbocycles. The zero-order valence-electron chi connectivity index (χ0n) is 13.8. The number of benzene rings is 2. The summed E-state index contributed by atoms with van der Waals surface area (Å²) in [5.74, 6) is 0.204. The van der Waals surface area contributed by atoms with Gasteiger partial charge in [0.15, 0.2) is 0 Å². The highest BCUT2D eigenvalue weighted by atomic mass is 32.2. The van der Waals surface area contributed by atoms with E-state index in [0.717, 1.165) is 36.9 Å². The first kappa shape index (κ1) is 16.1. The minimum absolute atomic E-state index is 0.0597. The van der Waals surface area contributed by atoms with Crippen molar-refractivity contribution in [2.45, 2.75) is 30.6 Å². The van der Waals surface area contributed by atoms with E-state index in [4.69, 9.17) is 0 Å². The highest BCUT2D eigenvalue weighted by Gasteiger charge is 2.31. The SMILES string of the molecule is O=C(Nc1ccc2c(c1)CCCN2S(=O)(=O)c1ccccc1)C1CC1. The topological polar surface area (TPSA) is 66.5 Å². The van der Waals surface area contributed by atoms with Crippen LogP contribution in [0.5, 0.6) is 0 Å². The lowest BCUT2D eigenvalue weighted by atomic mass is 10.0. The first-order valence-corrected chi connectivity index (χ1v) is 10.0. The van der Waals surface area contributed by atoms with Crippen LogP contribution in [-0.4, -0.2) is 20.9 Å². The van der Waals surface area contributed by atoms with Crippen molar-refractivity contribution in [3.63, 3.8) is 0 Å². The lowest BCUT2D eigenvalue weighted by Crippen LogP contribution is -2.35. The lowest BCUT2D eigenvalue weighted by Gasteiger charge is -2.30. The molecule has 1 aliphatic heterocycles. The number of sulfonamides is 1. The van der Waals surface area contributed by atoms with Crippen LogP contribution in [0.4, 0.5) is 11.4 Å². The molecular weight excluding hydrogens is 336 g/mol. The van der Waals surface area contributed by atoms with Gasteiger partial charge in [-0.05, 0) is 61.6 Å². The molecule has 1 amide bonds. The van der Waals surface area contributed by atoms with Crippen molar-refractivity contribution in [2.75, 3.05) is 16.2 Å². The van der Waals surface area contributed by atoms with Gasteiger partial charge < -0.3 is 5.32 Å². The number of carbonyl (C=O) groups is 1. The molecule has 1 heterocycles. The van der Waals surface area contributed by atoms with Crippen LogP contribution in [0.15, 0.2) is 53.4 Å². The van der Waals surface area contributed by atoms with E-state index in [2.05, 4.69) is 5.32 Å². The summed E-state index contributed by atoms with van der Waals surface area (Å²) in [5, 5.41) is 2.93. The Morgan fingerprint density at radius 1 is 1.08 bits per heavy atom. The van der Waals surface area contributed by atoms with Gasteiger partial charge in [0.05, 0.1) is 10.6 Å². The zero-order chi connectivity index (χ0) is 17.4. The van der Waals surface area contributed by atoms with Crippen molar-refractivity contribution in [1.29, 1.82) is 0 Å². The summed E-state index contributed by atoms with van der Waals surface area (Å²) in [6.07, 6.45) is 3.49. The Labute approximate surface area is 147 Å². The molecule has 0 unspecified atom stereocenters. The predicted molar refractivity (Wildman–Crippen MR) is 97.1 cm³/mol. The molecule has 2 aliphatic rings. The molecule has 0 spiro atoms. The summed E-state index contributed by atoms with van der Waals surface area (Å²) in [7, 11) is -3.57. The zero-order valence-corrected chi connectivity index (χ0v) is 14.6. The van der Waals surface area contributed by atoms with Crippen molar-refractivity contribution in [3.05, 3.63) is 54.1 Å². The number of fused-ring (bicyclic) bond motifs is 1. The van der Waals surface area contributed by atoms with Crippen LogP contribution in [0.1, 0.15) is 24.8 Å². The van der Waals surface area contributed by atoms with Crippen LogP contribution in [-0.2, 0) is 21.2 Å². The van der Waals surface area contributed by atoms with Gasteiger partial charge in [-0.25, -0.2) is 8.42 Å². The number of aryl methyl sites for hydroxylation is 1. The third kappa shape index (κ3) is 3.14. The summed E-state index contributed by atoms with van der Waals surface area (Å²) in [6.45, 7) is 0.470. The van der Waals surface area contributed by atoms with Crippen molar-refractivity contribution in [3.8, 4) is 0 Å². The van der Waals surface area contributed by atoms with Crippen LogP contribution < -0.4 is 9.62 Å². The number of nitrogens with zero attached hydrogens (tertiary/aromatic N) is 1. The number of hydrogen-bond acceptors (Lipinski definition) is 3. The summed E-state index contributed by atoms with van der Waals surface area (Å²) in [5.41, 5.74) is 2.41. The standard InChI is InChI=1S/C19H20N2O3S/c22-19(14-8-9-14)20-16-10-11-18-15(13-16)5-4-12-21(18)25(23,24)17-6-2-1-3-7-17/h1-3,6-7,10-11,13-14H,4-5,8-9,12H2,(H,20,22). The van der Waals surface area contributed by atoms with E-state index in [0.29, 0.717) is 17.1 Å². The van der Waals surface area contributed by atoms with E-state index in [1.807, 2.05) is 6.07 Å². The maximum Gasteiger partial charge on any atom is 0.264 e. The highest BCUT2D eigenvalue weighted by Crippen LogP contribution is 2.35. The molecular formula is C19H20N2O3S. The predicted octanol–water partition coefficient (Wildman–Crippen LogP) is 3.18. The molecule has 2 aromatic carbocycles. The van der Waals surface area contributed by atoms with E-state index in [1.54, 1.807) is 42.5 Å². The monoisotopic (exact) mass is 356 g/mol. The summed E-state index contributed by atoms with van der Waals surface area (Å²) >= 11 is 0. The van der Waals surface area contributed by atoms with E-state index in [9.17, 15) is 13.2 Å². The fourth-order valence-corrected chi connectivity index (χ4v) is 4.76. The number of carbonyl (C=O) groups excluding carboxylic acids is 1. The molecule has 0 atom stereocenters. The Morgan fingerprint density at radius 2 is 1.84 bits per heavy atom. The first-order chi connectivity index (χ1) is 12.1. The van der Waals surface area contributed by atoms with Gasteiger partial charge in [0, 0.05) is 18.2 Å². The van der Waals surface area contributed by atoms with Crippen LogP contribution in [0.3, 0.4) is 0 Å². The van der Waals surface area contributed by atoms with E-state index < -0.39 is 10.0 Å². The minimum atomic E-state index is -3.57. The molecule has 2 aromatic rings. The minimum Gasteiger partial charge on any atom is -0.326 e. The quantitative estimate of drug-likeness (QED) is 0.915. The van der Waals surface area contributed by atoms with Crippen LogP contribution in [0.2, 0.25) is 0 Å². The molecule has 0 aromatic heterocycles. The smallest absolute Gasteiger partial charge is 0.264 e. The molecule has 0 saturated heterocycles. The van der Waals surface area contributed by atoms with Gasteiger partial charge in [0.1, 0.15) is 0 Å². The van der Waals surface area contributed by atoms with Crippen LogP contribution in [0, 0.1) is 5.92 Å². The summed E-state index contributed by atoms with van der Waals surface area (Å²) in [4.78, 5) is 12.2. The van der Waals surface area contributed by atoms with Gasteiger partial charge in [-0.1, -0.05) is 18.2 Å². The number of nitrogens with one attached hydrogen (secondary N) is 1. The average Bonchev–Trinajstić information content (AvgIpc) is 3.47. The fraction of sp³-hybridized carbons (Fsp3) is 0.316. The molecule has 5 nitrogen and oxygen atoms in total. The van der Waals surface area contributed by atoms with Crippen LogP contribution >= 0.6 is 0 Å². The number of rotatable bonds is 4. The number of amides is 1. The molecule has 4 rings (SSSR count). The third-order valence-corrected chi connectivity index (χ3v) is 6.53. The summed E-state index contributed by atoms with van der Waals surface area (Å²) < 4.78 is 27.4. The highest BCUT2D eigenvalue weighted by molar-refractivity contribution is 7.92. The Morgan fingerprint density at radius 3 is 2.56 bits per heavy atom. The molecule has 0 bridgehead atoms. The second-order valence-electron chi connectivity index (χ2n) is 6.60. The number of anilines is 2. The number of hydrogen-bond donors (Lipinski definition) is 1. The maximum atomic E-state index is 13.0. The Kier molecular flexibility index (Phi) is 4.00. The molecule has 130 valence electrons. The largest absolute Gasteiger partial charge is 0.326 e. The second-order valence-corrected chi connectivity index (χ2v) is 8.46. The van der Waals surface area contributed by atoms with E-state index in [-0.39, 0.29) is 11.8 Å². The van der Waals surface area contributed by atoms with Gasteiger partial charge in [-0.2, -0.15) is 0 Å². The van der Waals surface area contributed by atoms with Crippen molar-refractivity contribution >= 4 is 27.3 Å². The molecule has 1 N–H and O–H groups in total. The van der Waals surface area contributed by atoms with Gasteiger partial charge in [-0.15, -0.1) is 0 Å². The molecule has 0 radical (unpaired) electrons. The van der Waals surface area contributed by atoms with Gasteiger partial charge in [0.2, 0.25) is 5.91 Å². The van der Waals surface area contributed by atoms with E-state index in [1.165, 1.54) is 4.31 Å². The maximum absolute atomic E-state index is 13.0. The summed E-state index contributed by atoms with van der Waals surface area (Å²) in [6, 6.07) is 14.0. The third-order valence-electron chi connectivity index (χ3n) is 4.70. The van der Waals surface area contributed by atoms with E-state index >= 15 is 0 Å². The normalized spacial score (nSPS) is 17.0. The Bertz CT molecular complexity index is 906. The van der Waals surface area contributed by atoms with Crippen molar-refractivity contribution in [1.82, 2.24) is 0 Å². The Hall–Kier alpha value is -2.34. The lowest BCUT2D eigenvalue weighted by molar-refractivity contribution is -0.117. The first-order valence-electron chi connectivity index (χ1n) is 8.57. The second kappa shape index (κ2) is 6.19. The fourth-order valence-electron chi connectivity index (χ4n) is 3.20. The van der Waals surface area contributed by atoms with Crippen LogP contribution in [0.25, 0.3) is 0 Å². The van der Waals surface area contributed by atoms with Gasteiger partial charge in [0.25, 0.3) is 10.0 Å². The van der Waals surface area contributed by atoms with Crippen molar-refractivity contribution in [2.24, 2.45) is 5.92 Å². The van der Waals surface area contributed by atoms with Crippen molar-refractivity contribution < 1.29 is 13.2 Å². The van der Waals surface area contributed by atoms with Gasteiger partial charge in [-0.3, -0.25) is 9.10 Å². The average molecular weight is 356 g/mol. The Balaban J connectivity index is 1.65. The molecule has 1 saturated carbocycles. The molecule has 25 heavy (non-hydrogen) atoms. The molecule has 6 heteroatoms. The van der Waals surface area contributed by atoms with Gasteiger partial charge >= 0.3 is 0 Å². The molecule has 1 fully saturated rings.